The highest BCUT2D eigenvalue weighted by Crippen LogP contribution is 2.02. The molecular formula is C13H31N3O. The van der Waals surface area contributed by atoms with E-state index in [1.165, 1.54) is 0 Å². The molecule has 1 saturated heterocycles. The van der Waals surface area contributed by atoms with E-state index in [2.05, 4.69) is 10.4 Å². The molecule has 0 saturated carbocycles. The van der Waals surface area contributed by atoms with Crippen LogP contribution in [0.3, 0.4) is 0 Å². The molecule has 1 fully saturated rings. The number of carbonyl (C=O) groups excluding carboxylic acids is 1. The molecule has 4 heteroatoms. The fourth-order valence-corrected chi connectivity index (χ4v) is 1.55. The van der Waals surface area contributed by atoms with E-state index in [0.717, 1.165) is 32.6 Å². The molecule has 0 aromatic rings. The van der Waals surface area contributed by atoms with E-state index in [1.807, 2.05) is 46.6 Å². The zero-order valence-electron chi connectivity index (χ0n) is 12.5. The molecule has 1 rings (SSSR count). The van der Waals surface area contributed by atoms with Crippen LogP contribution >= 0.6 is 0 Å². The quantitative estimate of drug-likeness (QED) is 0.827. The summed E-state index contributed by atoms with van der Waals surface area (Å²) in [6.45, 7) is 13.6. The topological polar surface area (TPSA) is 35.6 Å². The predicted octanol–water partition coefficient (Wildman–Crippen LogP) is 2.12. The summed E-state index contributed by atoms with van der Waals surface area (Å²) in [6, 6.07) is 0. The first-order valence-corrected chi connectivity index (χ1v) is 6.98. The van der Waals surface area contributed by atoms with Crippen LogP contribution in [0.25, 0.3) is 0 Å². The van der Waals surface area contributed by atoms with Crippen molar-refractivity contribution in [3.63, 3.8) is 0 Å². The van der Waals surface area contributed by atoms with Crippen LogP contribution < -0.4 is 5.43 Å². The Bertz CT molecular complexity index is 166. The van der Waals surface area contributed by atoms with Crippen molar-refractivity contribution in [1.82, 2.24) is 15.3 Å². The van der Waals surface area contributed by atoms with Crippen molar-refractivity contribution in [2.45, 2.75) is 47.5 Å². The van der Waals surface area contributed by atoms with Gasteiger partial charge in [0.15, 0.2) is 0 Å². The Labute approximate surface area is 107 Å². The molecule has 0 bridgehead atoms. The van der Waals surface area contributed by atoms with Crippen LogP contribution in [0.4, 0.5) is 0 Å². The third-order valence-corrected chi connectivity index (χ3v) is 2.41. The van der Waals surface area contributed by atoms with Crippen molar-refractivity contribution in [1.29, 1.82) is 0 Å². The third kappa shape index (κ3) is 8.16. The summed E-state index contributed by atoms with van der Waals surface area (Å²) in [4.78, 5) is 13.4. The predicted molar refractivity (Wildman–Crippen MR) is 74.8 cm³/mol. The third-order valence-electron chi connectivity index (χ3n) is 2.41. The number of rotatable bonds is 3. The summed E-state index contributed by atoms with van der Waals surface area (Å²) >= 11 is 0. The van der Waals surface area contributed by atoms with Gasteiger partial charge in [-0.25, -0.2) is 5.01 Å². The maximum absolute atomic E-state index is 11.5. The maximum atomic E-state index is 11.5. The first-order chi connectivity index (χ1) is 8.27. The fourth-order valence-electron chi connectivity index (χ4n) is 1.55. The van der Waals surface area contributed by atoms with Crippen LogP contribution in [0.15, 0.2) is 0 Å². The smallest absolute Gasteiger partial charge is 0.222 e. The average Bonchev–Trinajstić information content (AvgIpc) is 2.43. The molecule has 1 aliphatic rings. The molecular weight excluding hydrogens is 214 g/mol. The number of nitrogens with one attached hydrogen (secondary N) is 1. The summed E-state index contributed by atoms with van der Waals surface area (Å²) in [5, 5.41) is 2.13. The van der Waals surface area contributed by atoms with Crippen LogP contribution in [0.1, 0.15) is 47.5 Å². The van der Waals surface area contributed by atoms with E-state index in [-0.39, 0.29) is 0 Å². The summed E-state index contributed by atoms with van der Waals surface area (Å²) in [6.07, 6.45) is 1.64. The minimum Gasteiger partial charge on any atom is -0.340 e. The van der Waals surface area contributed by atoms with Crippen LogP contribution in [0.5, 0.6) is 0 Å². The summed E-state index contributed by atoms with van der Waals surface area (Å²) < 4.78 is 0. The molecule has 1 N–H and O–H groups in total. The molecule has 0 atom stereocenters. The lowest BCUT2D eigenvalue weighted by atomic mass is 10.2. The minimum atomic E-state index is 0.304. The van der Waals surface area contributed by atoms with Crippen LogP contribution in [0.2, 0.25) is 0 Å². The maximum Gasteiger partial charge on any atom is 0.222 e. The van der Waals surface area contributed by atoms with Crippen molar-refractivity contribution in [3.05, 3.63) is 0 Å². The van der Waals surface area contributed by atoms with Crippen molar-refractivity contribution in [2.75, 3.05) is 33.2 Å². The fraction of sp³-hybridized carbons (Fsp3) is 0.923. The molecule has 17 heavy (non-hydrogen) atoms. The Balaban J connectivity index is 0. The second kappa shape index (κ2) is 13.5. The number of amides is 1. The van der Waals surface area contributed by atoms with Gasteiger partial charge in [0, 0.05) is 32.6 Å². The molecule has 0 aromatic carbocycles. The van der Waals surface area contributed by atoms with E-state index >= 15 is 0 Å². The Morgan fingerprint density at radius 1 is 1.06 bits per heavy atom. The highest BCUT2D eigenvalue weighted by molar-refractivity contribution is 5.76. The SMILES string of the molecule is CC.CC.CCCC(=O)N1CCN(NC)CC1. The van der Waals surface area contributed by atoms with Gasteiger partial charge in [-0.1, -0.05) is 34.6 Å². The average molecular weight is 245 g/mol. The number of piperazine rings is 1. The van der Waals surface area contributed by atoms with Crippen LogP contribution in [-0.4, -0.2) is 49.0 Å². The van der Waals surface area contributed by atoms with Gasteiger partial charge >= 0.3 is 0 Å². The van der Waals surface area contributed by atoms with E-state index in [0.29, 0.717) is 12.3 Å². The Hall–Kier alpha value is -0.610. The normalized spacial score (nSPS) is 15.3. The lowest BCUT2D eigenvalue weighted by molar-refractivity contribution is -0.133. The lowest BCUT2D eigenvalue weighted by Crippen LogP contribution is -2.52. The molecule has 0 radical (unpaired) electrons. The molecule has 1 aliphatic heterocycles. The van der Waals surface area contributed by atoms with Gasteiger partial charge in [-0.15, -0.1) is 0 Å². The number of nitrogens with zero attached hydrogens (tertiary/aromatic N) is 2. The molecule has 1 heterocycles. The number of hydrogen-bond acceptors (Lipinski definition) is 3. The molecule has 0 unspecified atom stereocenters. The summed E-state index contributed by atoms with van der Waals surface area (Å²) in [5.74, 6) is 0.304. The first kappa shape index (κ1) is 18.7. The standard InChI is InChI=1S/C9H19N3O.2C2H6/c1-3-4-9(13)11-5-7-12(10-2)8-6-11;2*1-2/h10H,3-8H2,1-2H3;2*1-2H3. The highest BCUT2D eigenvalue weighted by Gasteiger charge is 2.18. The largest absolute Gasteiger partial charge is 0.340 e. The van der Waals surface area contributed by atoms with Gasteiger partial charge in [0.1, 0.15) is 0 Å². The van der Waals surface area contributed by atoms with Gasteiger partial charge in [0.25, 0.3) is 0 Å². The van der Waals surface area contributed by atoms with Crippen LogP contribution in [0, 0.1) is 0 Å². The molecule has 1 amide bonds. The molecule has 0 aliphatic carbocycles. The second-order valence-electron chi connectivity index (χ2n) is 3.34. The number of carbonyl (C=O) groups is 1. The molecule has 0 aromatic heterocycles. The van der Waals surface area contributed by atoms with Gasteiger partial charge in [-0.2, -0.15) is 0 Å². The molecule has 0 spiro atoms. The van der Waals surface area contributed by atoms with Gasteiger partial charge in [-0.05, 0) is 13.5 Å². The van der Waals surface area contributed by atoms with E-state index < -0.39 is 0 Å². The van der Waals surface area contributed by atoms with Crippen LogP contribution in [-0.2, 0) is 4.79 Å². The van der Waals surface area contributed by atoms with E-state index in [4.69, 9.17) is 0 Å². The van der Waals surface area contributed by atoms with Gasteiger partial charge in [-0.3, -0.25) is 10.2 Å². The van der Waals surface area contributed by atoms with Crippen molar-refractivity contribution in [2.24, 2.45) is 0 Å². The zero-order valence-corrected chi connectivity index (χ0v) is 12.5. The van der Waals surface area contributed by atoms with Crippen molar-refractivity contribution in [3.8, 4) is 0 Å². The lowest BCUT2D eigenvalue weighted by Gasteiger charge is -2.34. The van der Waals surface area contributed by atoms with E-state index in [1.54, 1.807) is 0 Å². The number of hydrogen-bond donors (Lipinski definition) is 1. The van der Waals surface area contributed by atoms with Gasteiger partial charge < -0.3 is 4.90 Å². The van der Waals surface area contributed by atoms with Crippen molar-refractivity contribution >= 4 is 5.91 Å². The monoisotopic (exact) mass is 245 g/mol. The molecule has 4 nitrogen and oxygen atoms in total. The Morgan fingerprint density at radius 2 is 1.53 bits per heavy atom. The highest BCUT2D eigenvalue weighted by atomic mass is 16.2. The van der Waals surface area contributed by atoms with E-state index in [9.17, 15) is 4.79 Å². The minimum absolute atomic E-state index is 0.304. The summed E-state index contributed by atoms with van der Waals surface area (Å²) in [5.41, 5.74) is 3.09. The second-order valence-corrected chi connectivity index (χ2v) is 3.34. The van der Waals surface area contributed by atoms with Gasteiger partial charge in [0.2, 0.25) is 5.91 Å². The van der Waals surface area contributed by atoms with Crippen molar-refractivity contribution < 1.29 is 4.79 Å². The molecule has 104 valence electrons. The summed E-state index contributed by atoms with van der Waals surface area (Å²) in [7, 11) is 1.92. The number of hydrazine groups is 1. The zero-order chi connectivity index (χ0) is 13.7. The Kier molecular flexibility index (Phi) is 14.8. The van der Waals surface area contributed by atoms with Gasteiger partial charge in [0.05, 0.1) is 0 Å². The first-order valence-electron chi connectivity index (χ1n) is 6.98. The Morgan fingerprint density at radius 3 is 1.88 bits per heavy atom.